The van der Waals surface area contributed by atoms with Gasteiger partial charge in [-0.2, -0.15) is 0 Å². The molecule has 1 amide bonds. The van der Waals surface area contributed by atoms with Gasteiger partial charge in [0.1, 0.15) is 10.7 Å². The summed E-state index contributed by atoms with van der Waals surface area (Å²) in [4.78, 5) is 32.5. The van der Waals surface area contributed by atoms with E-state index >= 15 is 0 Å². The van der Waals surface area contributed by atoms with Crippen molar-refractivity contribution >= 4 is 40.2 Å². The molecule has 0 saturated carbocycles. The molecule has 0 bridgehead atoms. The number of aryl methyl sites for hydroxylation is 1. The van der Waals surface area contributed by atoms with Gasteiger partial charge in [0.15, 0.2) is 5.60 Å². The number of imidazole rings is 1. The van der Waals surface area contributed by atoms with Gasteiger partial charge in [-0.25, -0.2) is 19.9 Å². The SMILES string of the molecule is CN1CCC(O)(c2cccc(-c3nc(-c4ccnc(Nc5nc6ccccc6n5C)n4)cs3)c2)C1=O. The summed E-state index contributed by atoms with van der Waals surface area (Å²) < 4.78 is 1.96. The number of likely N-dealkylation sites (tertiary alicyclic amines) is 1. The molecule has 1 unspecified atom stereocenters. The Bertz CT molecular complexity index is 1610. The number of aromatic nitrogens is 5. The number of aliphatic hydroxyl groups is 1. The van der Waals surface area contributed by atoms with Crippen molar-refractivity contribution in [2.45, 2.75) is 12.0 Å². The van der Waals surface area contributed by atoms with E-state index in [4.69, 9.17) is 4.98 Å². The first kappa shape index (κ1) is 22.3. The van der Waals surface area contributed by atoms with Crippen LogP contribution in [0, 0.1) is 0 Å². The van der Waals surface area contributed by atoms with Crippen molar-refractivity contribution in [3.8, 4) is 22.0 Å². The number of likely N-dealkylation sites (N-methyl/N-ethyl adjacent to an activating group) is 1. The van der Waals surface area contributed by atoms with E-state index in [-0.39, 0.29) is 5.91 Å². The van der Waals surface area contributed by atoms with Gasteiger partial charge in [0.2, 0.25) is 11.9 Å². The molecule has 6 rings (SSSR count). The molecule has 4 heterocycles. The molecule has 9 nitrogen and oxygen atoms in total. The van der Waals surface area contributed by atoms with Crippen LogP contribution < -0.4 is 5.32 Å². The minimum atomic E-state index is -1.49. The van der Waals surface area contributed by atoms with Crippen LogP contribution in [0.25, 0.3) is 33.0 Å². The highest BCUT2D eigenvalue weighted by Gasteiger charge is 2.45. The average molecular weight is 498 g/mol. The number of hydrogen-bond acceptors (Lipinski definition) is 8. The average Bonchev–Trinajstić information content (AvgIpc) is 3.59. The van der Waals surface area contributed by atoms with Crippen LogP contribution >= 0.6 is 11.3 Å². The smallest absolute Gasteiger partial charge is 0.258 e. The van der Waals surface area contributed by atoms with E-state index < -0.39 is 5.60 Å². The molecule has 1 aliphatic heterocycles. The van der Waals surface area contributed by atoms with Gasteiger partial charge in [-0.1, -0.05) is 30.3 Å². The molecule has 36 heavy (non-hydrogen) atoms. The molecule has 2 aromatic carbocycles. The van der Waals surface area contributed by atoms with Crippen molar-refractivity contribution < 1.29 is 9.90 Å². The van der Waals surface area contributed by atoms with Crippen molar-refractivity contribution in [2.75, 3.05) is 18.9 Å². The fourth-order valence-electron chi connectivity index (χ4n) is 4.47. The Morgan fingerprint density at radius 3 is 2.69 bits per heavy atom. The summed E-state index contributed by atoms with van der Waals surface area (Å²) in [5.41, 5.74) is 3.23. The number of anilines is 2. The van der Waals surface area contributed by atoms with Gasteiger partial charge in [-0.05, 0) is 29.8 Å². The van der Waals surface area contributed by atoms with Crippen molar-refractivity contribution in [1.82, 2.24) is 29.4 Å². The summed E-state index contributed by atoms with van der Waals surface area (Å²) in [5.74, 6) is 0.795. The van der Waals surface area contributed by atoms with Gasteiger partial charge in [0, 0.05) is 44.2 Å². The lowest BCUT2D eigenvalue weighted by molar-refractivity contribution is -0.143. The third kappa shape index (κ3) is 3.71. The van der Waals surface area contributed by atoms with E-state index in [1.807, 2.05) is 65.5 Å². The van der Waals surface area contributed by atoms with Crippen LogP contribution in [0.5, 0.6) is 0 Å². The normalized spacial score (nSPS) is 17.8. The van der Waals surface area contributed by atoms with Gasteiger partial charge in [0.05, 0.1) is 16.7 Å². The van der Waals surface area contributed by atoms with E-state index in [0.29, 0.717) is 41.8 Å². The van der Waals surface area contributed by atoms with Gasteiger partial charge in [-0.15, -0.1) is 11.3 Å². The van der Waals surface area contributed by atoms with E-state index in [1.165, 1.54) is 11.3 Å². The number of carbonyl (C=O) groups excluding carboxylic acids is 1. The van der Waals surface area contributed by atoms with Crippen LogP contribution in [0.1, 0.15) is 12.0 Å². The summed E-state index contributed by atoms with van der Waals surface area (Å²) in [6.45, 7) is 0.527. The highest BCUT2D eigenvalue weighted by molar-refractivity contribution is 7.13. The van der Waals surface area contributed by atoms with Crippen LogP contribution in [0.2, 0.25) is 0 Å². The van der Waals surface area contributed by atoms with Crippen molar-refractivity contribution in [1.29, 1.82) is 0 Å². The van der Waals surface area contributed by atoms with Crippen LogP contribution in [-0.4, -0.2) is 54.0 Å². The predicted molar refractivity (Wildman–Crippen MR) is 139 cm³/mol. The van der Waals surface area contributed by atoms with Crippen LogP contribution in [0.15, 0.2) is 66.2 Å². The lowest BCUT2D eigenvalue weighted by Gasteiger charge is -2.21. The Labute approximate surface area is 211 Å². The molecule has 5 aromatic rings. The van der Waals surface area contributed by atoms with E-state index in [2.05, 4.69) is 20.3 Å². The van der Waals surface area contributed by atoms with Crippen molar-refractivity contribution in [3.05, 3.63) is 71.7 Å². The number of rotatable bonds is 5. The molecule has 1 fully saturated rings. The summed E-state index contributed by atoms with van der Waals surface area (Å²) in [7, 11) is 3.65. The number of para-hydroxylation sites is 2. The molecule has 2 N–H and O–H groups in total. The second kappa shape index (κ2) is 8.51. The Hall–Kier alpha value is -4.15. The lowest BCUT2D eigenvalue weighted by Crippen LogP contribution is -2.36. The maximum absolute atomic E-state index is 12.5. The summed E-state index contributed by atoms with van der Waals surface area (Å²) in [6.07, 6.45) is 2.06. The maximum atomic E-state index is 12.5. The molecular formula is C26H23N7O2S. The van der Waals surface area contributed by atoms with Crippen molar-refractivity contribution in [3.63, 3.8) is 0 Å². The highest BCUT2D eigenvalue weighted by atomic mass is 32.1. The molecule has 1 atom stereocenters. The first-order valence-electron chi connectivity index (χ1n) is 11.5. The van der Waals surface area contributed by atoms with E-state index in [0.717, 1.165) is 21.6 Å². The number of amides is 1. The molecule has 1 saturated heterocycles. The molecule has 0 spiro atoms. The zero-order valence-corrected chi connectivity index (χ0v) is 20.5. The summed E-state index contributed by atoms with van der Waals surface area (Å²) in [5, 5.41) is 16.9. The van der Waals surface area contributed by atoms with Crippen molar-refractivity contribution in [2.24, 2.45) is 7.05 Å². The fourth-order valence-corrected chi connectivity index (χ4v) is 5.28. The number of fused-ring (bicyclic) bond motifs is 1. The molecule has 10 heteroatoms. The number of nitrogens with zero attached hydrogens (tertiary/aromatic N) is 6. The zero-order chi connectivity index (χ0) is 24.9. The minimum Gasteiger partial charge on any atom is -0.375 e. The van der Waals surface area contributed by atoms with Crippen LogP contribution in [-0.2, 0) is 17.4 Å². The quantitative estimate of drug-likeness (QED) is 0.378. The molecule has 0 radical (unpaired) electrons. The Kier molecular flexibility index (Phi) is 5.27. The van der Waals surface area contributed by atoms with E-state index in [1.54, 1.807) is 24.2 Å². The third-order valence-electron chi connectivity index (χ3n) is 6.53. The fraction of sp³-hybridized carbons (Fsp3) is 0.192. The molecule has 1 aliphatic rings. The Balaban J connectivity index is 1.27. The molecule has 3 aromatic heterocycles. The maximum Gasteiger partial charge on any atom is 0.258 e. The number of nitrogens with one attached hydrogen (secondary N) is 1. The largest absolute Gasteiger partial charge is 0.375 e. The molecule has 0 aliphatic carbocycles. The Morgan fingerprint density at radius 1 is 1.03 bits per heavy atom. The topological polar surface area (TPSA) is 109 Å². The second-order valence-electron chi connectivity index (χ2n) is 8.83. The standard InChI is InChI=1S/C26H23N7O2S/c1-32-13-11-26(35,23(32)34)17-7-5-6-16(14-17)22-28-20(15-36-22)18-10-12-27-24(29-18)31-25-30-19-8-3-4-9-21(19)33(25)2/h3-10,12,14-15,35H,11,13H2,1-2H3,(H,27,29,30,31). The molecule has 180 valence electrons. The lowest BCUT2D eigenvalue weighted by atomic mass is 9.91. The highest BCUT2D eigenvalue weighted by Crippen LogP contribution is 2.36. The summed E-state index contributed by atoms with van der Waals surface area (Å²) >= 11 is 1.48. The number of benzene rings is 2. The Morgan fingerprint density at radius 2 is 1.89 bits per heavy atom. The number of thiazole rings is 1. The summed E-state index contributed by atoms with van der Waals surface area (Å²) in [6, 6.07) is 17.1. The molecular weight excluding hydrogens is 474 g/mol. The third-order valence-corrected chi connectivity index (χ3v) is 7.42. The monoisotopic (exact) mass is 497 g/mol. The van der Waals surface area contributed by atoms with Crippen LogP contribution in [0.4, 0.5) is 11.9 Å². The van der Waals surface area contributed by atoms with Gasteiger partial charge in [0.25, 0.3) is 5.91 Å². The van der Waals surface area contributed by atoms with E-state index in [9.17, 15) is 9.90 Å². The first-order valence-corrected chi connectivity index (χ1v) is 12.4. The second-order valence-corrected chi connectivity index (χ2v) is 9.69. The van der Waals surface area contributed by atoms with Gasteiger partial charge in [-0.3, -0.25) is 10.1 Å². The number of carbonyl (C=O) groups is 1. The van der Waals surface area contributed by atoms with Gasteiger partial charge < -0.3 is 14.6 Å². The minimum absolute atomic E-state index is 0.277. The van der Waals surface area contributed by atoms with Gasteiger partial charge >= 0.3 is 0 Å². The first-order chi connectivity index (χ1) is 17.4. The zero-order valence-electron chi connectivity index (χ0n) is 19.7. The predicted octanol–water partition coefficient (Wildman–Crippen LogP) is 3.95. The number of hydrogen-bond donors (Lipinski definition) is 2. The van der Waals surface area contributed by atoms with Crippen LogP contribution in [0.3, 0.4) is 0 Å².